The van der Waals surface area contributed by atoms with Gasteiger partial charge in [0, 0.05) is 31.1 Å². The van der Waals surface area contributed by atoms with Crippen molar-refractivity contribution in [3.63, 3.8) is 0 Å². The highest BCUT2D eigenvalue weighted by molar-refractivity contribution is 7.89. The summed E-state index contributed by atoms with van der Waals surface area (Å²) in [5, 5.41) is 0. The van der Waals surface area contributed by atoms with Crippen LogP contribution in [0.15, 0.2) is 34.9 Å². The zero-order chi connectivity index (χ0) is 19.3. The minimum atomic E-state index is -3.26. The summed E-state index contributed by atoms with van der Waals surface area (Å²) < 4.78 is 43.6. The first kappa shape index (κ1) is 19.9. The Morgan fingerprint density at radius 2 is 2.07 bits per heavy atom. The lowest BCUT2D eigenvalue weighted by atomic mass is 9.98. The molecule has 0 saturated carbocycles. The van der Waals surface area contributed by atoms with Crippen molar-refractivity contribution in [2.75, 3.05) is 25.6 Å². The number of aromatic nitrogens is 1. The number of oxazole rings is 1. The van der Waals surface area contributed by atoms with Crippen LogP contribution in [0.5, 0.6) is 5.75 Å². The normalized spacial score (nSPS) is 20.5. The molecule has 1 N–H and O–H groups in total. The predicted molar refractivity (Wildman–Crippen MR) is 102 cm³/mol. The summed E-state index contributed by atoms with van der Waals surface area (Å²) >= 11 is 0. The molecule has 8 heteroatoms. The van der Waals surface area contributed by atoms with Crippen LogP contribution in [0.1, 0.15) is 25.7 Å². The molecule has 1 aliphatic heterocycles. The van der Waals surface area contributed by atoms with Crippen molar-refractivity contribution in [3.8, 4) is 17.0 Å². The van der Waals surface area contributed by atoms with Crippen LogP contribution in [-0.2, 0) is 14.8 Å². The Labute approximate surface area is 160 Å². The maximum Gasteiger partial charge on any atom is 0.211 e. The molecule has 1 saturated heterocycles. The van der Waals surface area contributed by atoms with Crippen molar-refractivity contribution in [1.82, 2.24) is 9.71 Å². The van der Waals surface area contributed by atoms with Gasteiger partial charge in [-0.25, -0.2) is 18.1 Å². The maximum atomic E-state index is 12.1. The van der Waals surface area contributed by atoms with Gasteiger partial charge in [-0.05, 0) is 37.1 Å². The lowest BCUT2D eigenvalue weighted by Gasteiger charge is -2.31. The van der Waals surface area contributed by atoms with Crippen molar-refractivity contribution >= 4 is 10.0 Å². The Balaban J connectivity index is 1.59. The quantitative estimate of drug-likeness (QED) is 0.740. The third-order valence-corrected chi connectivity index (χ3v) is 6.12. The minimum absolute atomic E-state index is 0.0248. The van der Waals surface area contributed by atoms with Crippen LogP contribution in [0.2, 0.25) is 0 Å². The third kappa shape index (κ3) is 5.54. The van der Waals surface area contributed by atoms with Crippen molar-refractivity contribution in [1.29, 1.82) is 0 Å². The summed E-state index contributed by atoms with van der Waals surface area (Å²) in [7, 11) is -3.26. The zero-order valence-electron chi connectivity index (χ0n) is 15.7. The molecule has 1 aromatic carbocycles. The Morgan fingerprint density at radius 1 is 1.30 bits per heavy atom. The summed E-state index contributed by atoms with van der Waals surface area (Å²) in [6, 6.07) is 7.43. The van der Waals surface area contributed by atoms with Gasteiger partial charge in [0.05, 0.1) is 19.0 Å². The van der Waals surface area contributed by atoms with E-state index in [0.717, 1.165) is 17.0 Å². The average molecular weight is 394 g/mol. The molecule has 1 aromatic heterocycles. The predicted octanol–water partition coefficient (Wildman–Crippen LogP) is 2.76. The van der Waals surface area contributed by atoms with E-state index in [1.807, 2.05) is 31.2 Å². The second-order valence-corrected chi connectivity index (χ2v) is 8.63. The first-order valence-corrected chi connectivity index (χ1v) is 10.8. The summed E-state index contributed by atoms with van der Waals surface area (Å²) in [5.74, 6) is 1.46. The van der Waals surface area contributed by atoms with Gasteiger partial charge in [0.1, 0.15) is 17.7 Å². The van der Waals surface area contributed by atoms with E-state index in [9.17, 15) is 8.42 Å². The number of aryl methyl sites for hydroxylation is 1. The molecule has 2 aromatic rings. The van der Waals surface area contributed by atoms with Gasteiger partial charge in [-0.1, -0.05) is 6.92 Å². The third-order valence-electron chi connectivity index (χ3n) is 4.51. The zero-order valence-corrected chi connectivity index (χ0v) is 16.5. The molecule has 3 rings (SSSR count). The fourth-order valence-corrected chi connectivity index (χ4v) is 4.52. The van der Waals surface area contributed by atoms with E-state index in [2.05, 4.69) is 9.71 Å². The second kappa shape index (κ2) is 8.86. The van der Waals surface area contributed by atoms with Crippen LogP contribution in [-0.4, -0.2) is 45.0 Å². The maximum absolute atomic E-state index is 12.1. The van der Waals surface area contributed by atoms with Gasteiger partial charge in [-0.3, -0.25) is 0 Å². The average Bonchev–Trinajstić information content (AvgIpc) is 3.07. The number of rotatable bonds is 8. The smallest absolute Gasteiger partial charge is 0.211 e. The summed E-state index contributed by atoms with van der Waals surface area (Å²) in [4.78, 5) is 4.30. The molecule has 1 aliphatic rings. The molecular weight excluding hydrogens is 368 g/mol. The Hall–Kier alpha value is -1.90. The van der Waals surface area contributed by atoms with Crippen LogP contribution in [0.4, 0.5) is 0 Å². The van der Waals surface area contributed by atoms with Crippen LogP contribution in [0.25, 0.3) is 11.3 Å². The Kier molecular flexibility index (Phi) is 6.51. The van der Waals surface area contributed by atoms with Gasteiger partial charge in [-0.2, -0.15) is 0 Å². The lowest BCUT2D eigenvalue weighted by Crippen LogP contribution is -2.48. The molecule has 0 aliphatic carbocycles. The number of ether oxygens (including phenoxy) is 2. The molecular formula is C19H26N2O5S. The van der Waals surface area contributed by atoms with E-state index in [-0.39, 0.29) is 17.7 Å². The van der Waals surface area contributed by atoms with E-state index in [1.54, 1.807) is 13.2 Å². The van der Waals surface area contributed by atoms with Crippen molar-refractivity contribution in [3.05, 3.63) is 36.4 Å². The van der Waals surface area contributed by atoms with Crippen LogP contribution in [0.3, 0.4) is 0 Å². The number of nitrogens with zero attached hydrogens (tertiary/aromatic N) is 1. The fourth-order valence-electron chi connectivity index (χ4n) is 3.10. The van der Waals surface area contributed by atoms with Gasteiger partial charge < -0.3 is 13.9 Å². The highest BCUT2D eigenvalue weighted by atomic mass is 32.2. The first-order valence-electron chi connectivity index (χ1n) is 9.20. The topological polar surface area (TPSA) is 90.7 Å². The monoisotopic (exact) mass is 394 g/mol. The second-order valence-electron chi connectivity index (χ2n) is 6.75. The number of hydrogen-bond donors (Lipinski definition) is 1. The molecule has 2 unspecified atom stereocenters. The lowest BCUT2D eigenvalue weighted by molar-refractivity contribution is 0.0186. The molecule has 0 spiro atoms. The molecule has 0 bridgehead atoms. The van der Waals surface area contributed by atoms with E-state index < -0.39 is 10.0 Å². The molecule has 27 heavy (non-hydrogen) atoms. The van der Waals surface area contributed by atoms with Gasteiger partial charge in [-0.15, -0.1) is 0 Å². The summed E-state index contributed by atoms with van der Waals surface area (Å²) in [6.45, 7) is 5.09. The van der Waals surface area contributed by atoms with Crippen LogP contribution in [0, 0.1) is 12.8 Å². The van der Waals surface area contributed by atoms with E-state index >= 15 is 0 Å². The highest BCUT2D eigenvalue weighted by Gasteiger charge is 2.29. The van der Waals surface area contributed by atoms with Gasteiger partial charge >= 0.3 is 0 Å². The number of sulfonamides is 1. The molecule has 1 fully saturated rings. The van der Waals surface area contributed by atoms with Gasteiger partial charge in [0.15, 0.2) is 5.89 Å². The molecule has 148 valence electrons. The van der Waals surface area contributed by atoms with Crippen molar-refractivity contribution in [2.24, 2.45) is 5.92 Å². The molecule has 2 heterocycles. The van der Waals surface area contributed by atoms with Crippen molar-refractivity contribution in [2.45, 2.75) is 32.7 Å². The van der Waals surface area contributed by atoms with Crippen molar-refractivity contribution < 1.29 is 22.3 Å². The molecule has 0 radical (unpaired) electrons. The number of nitrogens with one attached hydrogen (secondary N) is 1. The van der Waals surface area contributed by atoms with Crippen LogP contribution >= 0.6 is 0 Å². The standard InChI is InChI=1S/C19H26N2O5S/c1-3-10-27(22,23)21-18-8-9-24-11-16(18)12-26-17-6-4-15(5-7-17)19-13-25-14(2)20-19/h4-7,13,16,18,21H,3,8-12H2,1-2H3. The van der Waals surface area contributed by atoms with E-state index in [1.165, 1.54) is 0 Å². The molecule has 0 amide bonds. The summed E-state index contributed by atoms with van der Waals surface area (Å²) in [6.07, 6.45) is 2.87. The first-order chi connectivity index (χ1) is 13.0. The minimum Gasteiger partial charge on any atom is -0.493 e. The SMILES string of the molecule is CCCS(=O)(=O)NC1CCOCC1COc1ccc(-c2coc(C)n2)cc1. The number of hydrogen-bond acceptors (Lipinski definition) is 6. The summed E-state index contributed by atoms with van der Waals surface area (Å²) in [5.41, 5.74) is 1.73. The van der Waals surface area contributed by atoms with E-state index in [0.29, 0.717) is 38.6 Å². The molecule has 2 atom stereocenters. The largest absolute Gasteiger partial charge is 0.493 e. The fraction of sp³-hybridized carbons (Fsp3) is 0.526. The van der Waals surface area contributed by atoms with Crippen LogP contribution < -0.4 is 9.46 Å². The van der Waals surface area contributed by atoms with Gasteiger partial charge in [0.2, 0.25) is 10.0 Å². The molecule has 7 nitrogen and oxygen atoms in total. The van der Waals surface area contributed by atoms with Gasteiger partial charge in [0.25, 0.3) is 0 Å². The highest BCUT2D eigenvalue weighted by Crippen LogP contribution is 2.23. The Morgan fingerprint density at radius 3 is 2.74 bits per heavy atom. The Bertz CT molecular complexity index is 832. The number of benzene rings is 1. The van der Waals surface area contributed by atoms with E-state index in [4.69, 9.17) is 13.9 Å².